The maximum Gasteiger partial charge on any atom is 0.224 e. The molecule has 84 valence electrons. The molecule has 3 nitrogen and oxygen atoms in total. The molecule has 0 spiro atoms. The van der Waals surface area contributed by atoms with Crippen molar-refractivity contribution in [1.29, 1.82) is 0 Å². The van der Waals surface area contributed by atoms with Crippen molar-refractivity contribution >= 4 is 33.3 Å². The number of anilines is 1. The molecule has 15 heavy (non-hydrogen) atoms. The summed E-state index contributed by atoms with van der Waals surface area (Å²) >= 11 is 9.21. The fourth-order valence-electron chi connectivity index (χ4n) is 1.10. The lowest BCUT2D eigenvalue weighted by Gasteiger charge is -2.36. The van der Waals surface area contributed by atoms with Crippen molar-refractivity contribution in [1.82, 2.24) is 9.97 Å². The molecule has 1 rings (SSSR count). The van der Waals surface area contributed by atoms with Crippen LogP contribution in [0.3, 0.4) is 0 Å². The molecule has 0 unspecified atom stereocenters. The standard InChI is InChI=1S/C10H15BrClN3/c1-5-10(2,3)15(4)8-7(11)6-13-9(12)14-8/h6H,5H2,1-4H3. The molecule has 0 aliphatic carbocycles. The van der Waals surface area contributed by atoms with Gasteiger partial charge in [-0.2, -0.15) is 4.98 Å². The Morgan fingerprint density at radius 2 is 2.13 bits per heavy atom. The minimum Gasteiger partial charge on any atom is -0.353 e. The Morgan fingerprint density at radius 3 is 2.67 bits per heavy atom. The topological polar surface area (TPSA) is 29.0 Å². The highest BCUT2D eigenvalue weighted by Crippen LogP contribution is 2.29. The highest BCUT2D eigenvalue weighted by molar-refractivity contribution is 9.10. The summed E-state index contributed by atoms with van der Waals surface area (Å²) in [7, 11) is 2.01. The van der Waals surface area contributed by atoms with Gasteiger partial charge in [0.05, 0.1) is 4.47 Å². The van der Waals surface area contributed by atoms with Crippen molar-refractivity contribution in [2.45, 2.75) is 32.7 Å². The molecule has 0 radical (unpaired) electrons. The van der Waals surface area contributed by atoms with E-state index < -0.39 is 0 Å². The van der Waals surface area contributed by atoms with Crippen LogP contribution < -0.4 is 4.90 Å². The lowest BCUT2D eigenvalue weighted by atomic mass is 10.0. The summed E-state index contributed by atoms with van der Waals surface area (Å²) in [4.78, 5) is 10.2. The third-order valence-electron chi connectivity index (χ3n) is 2.79. The van der Waals surface area contributed by atoms with Gasteiger partial charge < -0.3 is 4.90 Å². The van der Waals surface area contributed by atoms with Crippen LogP contribution in [0.5, 0.6) is 0 Å². The van der Waals surface area contributed by atoms with E-state index in [2.05, 4.69) is 51.6 Å². The van der Waals surface area contributed by atoms with Crippen LogP contribution in [0.25, 0.3) is 0 Å². The monoisotopic (exact) mass is 291 g/mol. The number of hydrogen-bond acceptors (Lipinski definition) is 3. The molecule has 1 heterocycles. The van der Waals surface area contributed by atoms with Gasteiger partial charge in [0, 0.05) is 18.8 Å². The molecule has 0 aromatic carbocycles. The second-order valence-corrected chi connectivity index (χ2v) is 5.23. The molecule has 0 bridgehead atoms. The van der Waals surface area contributed by atoms with Gasteiger partial charge in [0.1, 0.15) is 5.82 Å². The summed E-state index contributed by atoms with van der Waals surface area (Å²) < 4.78 is 0.857. The molecule has 5 heteroatoms. The first kappa shape index (κ1) is 12.7. The fraction of sp³-hybridized carbons (Fsp3) is 0.600. The highest BCUT2D eigenvalue weighted by Gasteiger charge is 2.24. The smallest absolute Gasteiger partial charge is 0.224 e. The van der Waals surface area contributed by atoms with E-state index >= 15 is 0 Å². The van der Waals surface area contributed by atoms with Gasteiger partial charge in [-0.1, -0.05) is 6.92 Å². The van der Waals surface area contributed by atoms with Gasteiger partial charge in [0.25, 0.3) is 0 Å². The third kappa shape index (κ3) is 2.82. The Kier molecular flexibility index (Phi) is 3.95. The predicted octanol–water partition coefficient (Wildman–Crippen LogP) is 3.52. The Bertz CT molecular complexity index is 355. The van der Waals surface area contributed by atoms with Gasteiger partial charge in [-0.15, -0.1) is 0 Å². The first-order chi connectivity index (χ1) is 6.88. The highest BCUT2D eigenvalue weighted by atomic mass is 79.9. The van der Waals surface area contributed by atoms with Crippen LogP contribution in [0, 0.1) is 0 Å². The lowest BCUT2D eigenvalue weighted by Crippen LogP contribution is -2.41. The summed E-state index contributed by atoms with van der Waals surface area (Å²) in [5.41, 5.74) is 0.0419. The first-order valence-corrected chi connectivity index (χ1v) is 5.97. The van der Waals surface area contributed by atoms with Crippen molar-refractivity contribution in [3.05, 3.63) is 16.0 Å². The normalized spacial score (nSPS) is 11.6. The zero-order valence-corrected chi connectivity index (χ0v) is 11.7. The van der Waals surface area contributed by atoms with E-state index in [9.17, 15) is 0 Å². The minimum atomic E-state index is 0.0419. The van der Waals surface area contributed by atoms with E-state index in [1.54, 1.807) is 6.20 Å². The number of hydrogen-bond donors (Lipinski definition) is 0. The molecule has 1 aromatic heterocycles. The van der Waals surface area contributed by atoms with Crippen LogP contribution in [-0.4, -0.2) is 22.6 Å². The van der Waals surface area contributed by atoms with E-state index in [1.807, 2.05) is 7.05 Å². The molecule has 0 aliphatic heterocycles. The number of nitrogens with zero attached hydrogens (tertiary/aromatic N) is 3. The molecule has 0 aliphatic rings. The summed E-state index contributed by atoms with van der Waals surface area (Å²) in [6, 6.07) is 0. The summed E-state index contributed by atoms with van der Waals surface area (Å²) in [5, 5.41) is 0.270. The largest absolute Gasteiger partial charge is 0.353 e. The Hall–Kier alpha value is -0.350. The number of halogens is 2. The molecule has 0 N–H and O–H groups in total. The van der Waals surface area contributed by atoms with Gasteiger partial charge >= 0.3 is 0 Å². The minimum absolute atomic E-state index is 0.0419. The Morgan fingerprint density at radius 1 is 1.53 bits per heavy atom. The number of aromatic nitrogens is 2. The van der Waals surface area contributed by atoms with Crippen LogP contribution in [0.2, 0.25) is 5.28 Å². The van der Waals surface area contributed by atoms with E-state index in [1.165, 1.54) is 0 Å². The summed E-state index contributed by atoms with van der Waals surface area (Å²) in [6.07, 6.45) is 2.70. The van der Waals surface area contributed by atoms with Crippen LogP contribution >= 0.6 is 27.5 Å². The van der Waals surface area contributed by atoms with E-state index in [0.717, 1.165) is 16.7 Å². The average Bonchev–Trinajstić information content (AvgIpc) is 2.20. The second-order valence-electron chi connectivity index (χ2n) is 4.04. The summed E-state index contributed by atoms with van der Waals surface area (Å²) in [6.45, 7) is 6.47. The zero-order valence-electron chi connectivity index (χ0n) is 9.38. The van der Waals surface area contributed by atoms with Gasteiger partial charge in [-0.25, -0.2) is 4.98 Å². The van der Waals surface area contributed by atoms with E-state index in [-0.39, 0.29) is 10.8 Å². The molecule has 0 atom stereocenters. The van der Waals surface area contributed by atoms with Crippen molar-refractivity contribution < 1.29 is 0 Å². The molecular weight excluding hydrogens is 277 g/mol. The Balaban J connectivity index is 3.10. The first-order valence-electron chi connectivity index (χ1n) is 4.80. The van der Waals surface area contributed by atoms with Crippen LogP contribution in [-0.2, 0) is 0 Å². The van der Waals surface area contributed by atoms with Gasteiger partial charge in [-0.3, -0.25) is 0 Å². The SMILES string of the molecule is CCC(C)(C)N(C)c1nc(Cl)ncc1Br. The molecule has 0 amide bonds. The van der Waals surface area contributed by atoms with Crippen molar-refractivity contribution in [2.75, 3.05) is 11.9 Å². The lowest BCUT2D eigenvalue weighted by molar-refractivity contribution is 0.466. The van der Waals surface area contributed by atoms with Gasteiger partial charge in [0.15, 0.2) is 0 Å². The number of rotatable bonds is 3. The van der Waals surface area contributed by atoms with Crippen molar-refractivity contribution in [3.8, 4) is 0 Å². The maximum absolute atomic E-state index is 5.78. The quantitative estimate of drug-likeness (QED) is 0.798. The Labute approximate surface area is 104 Å². The molecule has 0 fully saturated rings. The van der Waals surface area contributed by atoms with Crippen molar-refractivity contribution in [3.63, 3.8) is 0 Å². The van der Waals surface area contributed by atoms with Gasteiger partial charge in [-0.05, 0) is 47.8 Å². The molecule has 1 aromatic rings. The predicted molar refractivity (Wildman–Crippen MR) is 67.5 cm³/mol. The van der Waals surface area contributed by atoms with E-state index in [4.69, 9.17) is 11.6 Å². The summed E-state index contributed by atoms with van der Waals surface area (Å²) in [5.74, 6) is 0.821. The zero-order chi connectivity index (χ0) is 11.6. The fourth-order valence-corrected chi connectivity index (χ4v) is 1.68. The van der Waals surface area contributed by atoms with Crippen LogP contribution in [0.15, 0.2) is 10.7 Å². The molecular formula is C10H15BrClN3. The molecule has 0 saturated carbocycles. The maximum atomic E-state index is 5.78. The average molecular weight is 293 g/mol. The van der Waals surface area contributed by atoms with Crippen LogP contribution in [0.1, 0.15) is 27.2 Å². The van der Waals surface area contributed by atoms with Crippen LogP contribution in [0.4, 0.5) is 5.82 Å². The van der Waals surface area contributed by atoms with Crippen molar-refractivity contribution in [2.24, 2.45) is 0 Å². The van der Waals surface area contributed by atoms with Gasteiger partial charge in [0.2, 0.25) is 5.28 Å². The van der Waals surface area contributed by atoms with E-state index in [0.29, 0.717) is 0 Å². The molecule has 0 saturated heterocycles. The second kappa shape index (κ2) is 4.66. The third-order valence-corrected chi connectivity index (χ3v) is 3.53.